The number of hydrazone groups is 1. The maximum atomic E-state index is 13.4. The number of rotatable bonds is 10. The fourth-order valence-corrected chi connectivity index (χ4v) is 4.45. The molecular formula is C25H23Br2FN2O4. The van der Waals surface area contributed by atoms with E-state index in [1.165, 1.54) is 18.3 Å². The van der Waals surface area contributed by atoms with Crippen LogP contribution in [0.15, 0.2) is 68.6 Å². The van der Waals surface area contributed by atoms with Crippen molar-refractivity contribution < 1.29 is 23.4 Å². The molecule has 0 aliphatic rings. The van der Waals surface area contributed by atoms with Crippen LogP contribution in [0, 0.1) is 5.82 Å². The summed E-state index contributed by atoms with van der Waals surface area (Å²) in [4.78, 5) is 12.5. The van der Waals surface area contributed by atoms with Crippen LogP contribution in [0.25, 0.3) is 0 Å². The van der Waals surface area contributed by atoms with Crippen LogP contribution < -0.4 is 19.6 Å². The Morgan fingerprint density at radius 1 is 0.971 bits per heavy atom. The molecule has 0 aromatic heterocycles. The number of ether oxygens (including phenoxy) is 3. The first-order valence-corrected chi connectivity index (χ1v) is 12.1. The molecule has 9 heteroatoms. The minimum atomic E-state index is -0.381. The predicted octanol–water partition coefficient (Wildman–Crippen LogP) is 6.49. The second-order valence-corrected chi connectivity index (χ2v) is 8.67. The van der Waals surface area contributed by atoms with Gasteiger partial charge in [0, 0.05) is 5.56 Å². The van der Waals surface area contributed by atoms with E-state index >= 15 is 0 Å². The summed E-state index contributed by atoms with van der Waals surface area (Å²) in [5, 5.41) is 4.05. The highest BCUT2D eigenvalue weighted by Crippen LogP contribution is 2.35. The Balaban J connectivity index is 1.65. The minimum Gasteiger partial charge on any atom is -0.490 e. The fourth-order valence-electron chi connectivity index (χ4n) is 3.00. The van der Waals surface area contributed by atoms with Crippen LogP contribution in [0.2, 0.25) is 0 Å². The third-order valence-electron chi connectivity index (χ3n) is 4.48. The van der Waals surface area contributed by atoms with Crippen molar-refractivity contribution in [2.45, 2.75) is 20.5 Å². The van der Waals surface area contributed by atoms with Gasteiger partial charge in [0.2, 0.25) is 0 Å². The molecule has 3 rings (SSSR count). The first-order chi connectivity index (χ1) is 16.4. The van der Waals surface area contributed by atoms with Crippen LogP contribution in [-0.2, 0) is 6.61 Å². The van der Waals surface area contributed by atoms with Crippen molar-refractivity contribution in [3.05, 3.63) is 86.1 Å². The van der Waals surface area contributed by atoms with Gasteiger partial charge in [-0.1, -0.05) is 12.1 Å². The smallest absolute Gasteiger partial charge is 0.271 e. The van der Waals surface area contributed by atoms with Crippen molar-refractivity contribution in [2.75, 3.05) is 13.2 Å². The molecule has 3 aromatic rings. The van der Waals surface area contributed by atoms with Crippen LogP contribution >= 0.6 is 31.9 Å². The zero-order valence-electron chi connectivity index (χ0n) is 18.6. The zero-order valence-corrected chi connectivity index (χ0v) is 21.8. The van der Waals surface area contributed by atoms with Gasteiger partial charge >= 0.3 is 0 Å². The van der Waals surface area contributed by atoms with Gasteiger partial charge in [0.1, 0.15) is 18.2 Å². The molecule has 0 fully saturated rings. The third-order valence-corrected chi connectivity index (χ3v) is 5.66. The van der Waals surface area contributed by atoms with Crippen molar-refractivity contribution in [1.82, 2.24) is 5.43 Å². The Hall–Kier alpha value is -2.91. The van der Waals surface area contributed by atoms with Gasteiger partial charge in [0.15, 0.2) is 11.5 Å². The molecule has 1 amide bonds. The molecule has 1 N–H and O–H groups in total. The molecule has 3 aromatic carbocycles. The van der Waals surface area contributed by atoms with E-state index in [9.17, 15) is 9.18 Å². The lowest BCUT2D eigenvalue weighted by Crippen LogP contribution is -2.17. The normalized spacial score (nSPS) is 10.9. The number of benzene rings is 3. The lowest BCUT2D eigenvalue weighted by molar-refractivity contribution is 0.0954. The molecule has 0 saturated heterocycles. The van der Waals surface area contributed by atoms with Gasteiger partial charge in [-0.2, -0.15) is 5.10 Å². The molecule has 0 saturated carbocycles. The number of carbonyl (C=O) groups excluding carboxylic acids is 1. The highest BCUT2D eigenvalue weighted by Gasteiger charge is 2.12. The summed E-state index contributed by atoms with van der Waals surface area (Å²) in [6.45, 7) is 4.90. The largest absolute Gasteiger partial charge is 0.490 e. The van der Waals surface area contributed by atoms with Gasteiger partial charge in [-0.15, -0.1) is 0 Å². The predicted molar refractivity (Wildman–Crippen MR) is 136 cm³/mol. The highest BCUT2D eigenvalue weighted by molar-refractivity contribution is 9.11. The number of hydrogen-bond donors (Lipinski definition) is 1. The molecule has 178 valence electrons. The van der Waals surface area contributed by atoms with Crippen LogP contribution in [-0.4, -0.2) is 25.3 Å². The molecule has 0 aliphatic heterocycles. The minimum absolute atomic E-state index is 0.213. The van der Waals surface area contributed by atoms with Crippen molar-refractivity contribution >= 4 is 44.0 Å². The molecule has 6 nitrogen and oxygen atoms in total. The summed E-state index contributed by atoms with van der Waals surface area (Å²) >= 11 is 6.96. The molecule has 0 aliphatic carbocycles. The van der Waals surface area contributed by atoms with E-state index in [-0.39, 0.29) is 18.3 Å². The van der Waals surface area contributed by atoms with Gasteiger partial charge in [-0.25, -0.2) is 9.82 Å². The van der Waals surface area contributed by atoms with Gasteiger partial charge < -0.3 is 14.2 Å². The van der Waals surface area contributed by atoms with Crippen LogP contribution in [0.5, 0.6) is 17.2 Å². The van der Waals surface area contributed by atoms with Crippen molar-refractivity contribution in [2.24, 2.45) is 5.10 Å². The molecule has 0 atom stereocenters. The fraction of sp³-hybridized carbons (Fsp3) is 0.200. The molecule has 0 heterocycles. The second-order valence-electron chi connectivity index (χ2n) is 6.96. The summed E-state index contributed by atoms with van der Waals surface area (Å²) in [5.41, 5.74) is 4.34. The topological polar surface area (TPSA) is 69.2 Å². The van der Waals surface area contributed by atoms with E-state index in [1.54, 1.807) is 42.5 Å². The summed E-state index contributed by atoms with van der Waals surface area (Å²) in [7, 11) is 0. The second kappa shape index (κ2) is 12.5. The van der Waals surface area contributed by atoms with Crippen molar-refractivity contribution in [1.29, 1.82) is 0 Å². The van der Waals surface area contributed by atoms with E-state index in [2.05, 4.69) is 42.4 Å². The number of carbonyl (C=O) groups is 1. The van der Waals surface area contributed by atoms with Crippen LogP contribution in [0.3, 0.4) is 0 Å². The summed E-state index contributed by atoms with van der Waals surface area (Å²) in [6, 6.07) is 14.8. The van der Waals surface area contributed by atoms with Crippen molar-refractivity contribution in [3.8, 4) is 17.2 Å². The van der Waals surface area contributed by atoms with Gasteiger partial charge in [0.25, 0.3) is 5.91 Å². The average molecular weight is 594 g/mol. The van der Waals surface area contributed by atoms with Crippen molar-refractivity contribution in [3.63, 3.8) is 0 Å². The lowest BCUT2D eigenvalue weighted by atomic mass is 10.2. The summed E-state index contributed by atoms with van der Waals surface area (Å²) in [5.74, 6) is 0.963. The molecule has 0 spiro atoms. The maximum Gasteiger partial charge on any atom is 0.271 e. The maximum absolute atomic E-state index is 13.4. The molecule has 0 radical (unpaired) electrons. The van der Waals surface area contributed by atoms with Gasteiger partial charge in [-0.05, 0) is 99.3 Å². The number of nitrogens with zero attached hydrogens (tertiary/aromatic N) is 1. The Kier molecular flexibility index (Phi) is 9.47. The highest BCUT2D eigenvalue weighted by atomic mass is 79.9. The number of hydrogen-bond acceptors (Lipinski definition) is 5. The first-order valence-electron chi connectivity index (χ1n) is 10.5. The van der Waals surface area contributed by atoms with E-state index in [1.807, 2.05) is 13.8 Å². The van der Waals surface area contributed by atoms with E-state index in [0.717, 1.165) is 5.56 Å². The van der Waals surface area contributed by atoms with E-state index in [4.69, 9.17) is 14.2 Å². The standard InChI is InChI=1S/C25H23Br2FN2O4/c1-3-32-22-9-8-18(13-23(22)33-4-2)25(31)30-29-14-17-11-20(26)24(21(27)12-17)34-15-16-6-5-7-19(28)10-16/h5-14H,3-4,15H2,1-2H3,(H,30,31)/b29-14+. The number of halogens is 3. The first kappa shape index (κ1) is 25.7. The van der Waals surface area contributed by atoms with Crippen LogP contribution in [0.1, 0.15) is 35.3 Å². The Morgan fingerprint density at radius 3 is 2.35 bits per heavy atom. The summed E-state index contributed by atoms with van der Waals surface area (Å²) in [6.07, 6.45) is 1.52. The zero-order chi connectivity index (χ0) is 24.5. The SMILES string of the molecule is CCOc1ccc(C(=O)N/N=C/c2cc(Br)c(OCc3cccc(F)c3)c(Br)c2)cc1OCC. The molecule has 0 bridgehead atoms. The molecule has 0 unspecified atom stereocenters. The summed E-state index contributed by atoms with van der Waals surface area (Å²) < 4.78 is 31.6. The quantitative estimate of drug-likeness (QED) is 0.215. The van der Waals surface area contributed by atoms with Crippen LogP contribution in [0.4, 0.5) is 4.39 Å². The average Bonchev–Trinajstić information content (AvgIpc) is 2.80. The Morgan fingerprint density at radius 2 is 1.68 bits per heavy atom. The monoisotopic (exact) mass is 592 g/mol. The number of amides is 1. The third kappa shape index (κ3) is 7.04. The Bertz CT molecular complexity index is 1160. The van der Waals surface area contributed by atoms with E-state index in [0.29, 0.717) is 50.5 Å². The molecular weight excluding hydrogens is 571 g/mol. The number of nitrogens with one attached hydrogen (secondary N) is 1. The van der Waals surface area contributed by atoms with Gasteiger partial charge in [-0.3, -0.25) is 4.79 Å². The molecule has 34 heavy (non-hydrogen) atoms. The Labute approximate surface area is 214 Å². The van der Waals surface area contributed by atoms with Gasteiger partial charge in [0.05, 0.1) is 28.4 Å². The lowest BCUT2D eigenvalue weighted by Gasteiger charge is -2.12. The van der Waals surface area contributed by atoms with E-state index < -0.39 is 0 Å².